The first-order valence-electron chi connectivity index (χ1n) is 11.4. The topological polar surface area (TPSA) is 65.1 Å². The fourth-order valence-corrected chi connectivity index (χ4v) is 4.79. The number of aryl methyl sites for hydroxylation is 2. The molecule has 0 aliphatic carbocycles. The van der Waals surface area contributed by atoms with E-state index < -0.39 is 0 Å². The number of methoxy groups -OCH3 is 1. The molecule has 36 heavy (non-hydrogen) atoms. The van der Waals surface area contributed by atoms with Crippen LogP contribution in [0.15, 0.2) is 65.6 Å². The zero-order valence-electron chi connectivity index (χ0n) is 20.2. The summed E-state index contributed by atoms with van der Waals surface area (Å²) in [5.41, 5.74) is 3.70. The second-order valence-corrected chi connectivity index (χ2v) is 9.66. The molecule has 8 heteroatoms. The maximum atomic E-state index is 12.9. The summed E-state index contributed by atoms with van der Waals surface area (Å²) in [6.45, 7) is 4.64. The number of carbonyl (C=O) groups is 2. The van der Waals surface area contributed by atoms with Crippen LogP contribution in [-0.2, 0) is 11.4 Å². The molecule has 0 unspecified atom stereocenters. The highest BCUT2D eigenvalue weighted by molar-refractivity contribution is 8.18. The second-order valence-electron chi connectivity index (χ2n) is 8.26. The van der Waals surface area contributed by atoms with Gasteiger partial charge in [0.2, 0.25) is 0 Å². The van der Waals surface area contributed by atoms with E-state index in [2.05, 4.69) is 0 Å². The van der Waals surface area contributed by atoms with E-state index in [-0.39, 0.29) is 24.3 Å². The van der Waals surface area contributed by atoms with Gasteiger partial charge in [-0.15, -0.1) is 0 Å². The minimum atomic E-state index is -0.367. The summed E-state index contributed by atoms with van der Waals surface area (Å²) in [6.07, 6.45) is 1.63. The van der Waals surface area contributed by atoms with Crippen LogP contribution in [0.5, 0.6) is 17.2 Å². The van der Waals surface area contributed by atoms with Crippen molar-refractivity contribution in [3.63, 3.8) is 0 Å². The average Bonchev–Trinajstić information content (AvgIpc) is 3.13. The van der Waals surface area contributed by atoms with Crippen LogP contribution in [0.2, 0.25) is 5.02 Å². The molecular weight excluding hydrogens is 498 g/mol. The molecule has 0 saturated carbocycles. The van der Waals surface area contributed by atoms with E-state index in [1.54, 1.807) is 18.2 Å². The van der Waals surface area contributed by atoms with Gasteiger partial charge in [-0.1, -0.05) is 54.1 Å². The third-order valence-corrected chi connectivity index (χ3v) is 6.75. The van der Waals surface area contributed by atoms with Gasteiger partial charge in [-0.3, -0.25) is 14.5 Å². The molecular formula is C28H26ClNO5S. The summed E-state index contributed by atoms with van der Waals surface area (Å²) >= 11 is 7.38. The van der Waals surface area contributed by atoms with Gasteiger partial charge in [-0.05, 0) is 72.1 Å². The Morgan fingerprint density at radius 2 is 1.75 bits per heavy atom. The molecule has 2 amide bonds. The van der Waals surface area contributed by atoms with Crippen molar-refractivity contribution in [2.24, 2.45) is 0 Å². The Morgan fingerprint density at radius 3 is 2.50 bits per heavy atom. The average molecular weight is 524 g/mol. The second kappa shape index (κ2) is 11.5. The first kappa shape index (κ1) is 25.7. The molecule has 1 heterocycles. The monoisotopic (exact) mass is 523 g/mol. The molecule has 0 bridgehead atoms. The van der Waals surface area contributed by atoms with Crippen LogP contribution < -0.4 is 14.2 Å². The van der Waals surface area contributed by atoms with Crippen LogP contribution in [-0.4, -0.2) is 36.3 Å². The van der Waals surface area contributed by atoms with Crippen molar-refractivity contribution in [1.29, 1.82) is 0 Å². The number of halogens is 1. The number of amides is 2. The van der Waals surface area contributed by atoms with Crippen molar-refractivity contribution in [3.05, 3.63) is 92.8 Å². The van der Waals surface area contributed by atoms with Crippen molar-refractivity contribution < 1.29 is 23.8 Å². The van der Waals surface area contributed by atoms with Gasteiger partial charge >= 0.3 is 0 Å². The van der Waals surface area contributed by atoms with Gasteiger partial charge < -0.3 is 14.2 Å². The molecule has 0 radical (unpaired) electrons. The van der Waals surface area contributed by atoms with Gasteiger partial charge in [0.05, 0.1) is 23.6 Å². The minimum absolute atomic E-state index is 0.158. The SMILES string of the molecule is COc1cc(/C=C2\SC(=O)N(CCOc3cc(C)ccc3C)C2=O)cc(Cl)c1OCc1ccccc1. The Labute approximate surface area is 219 Å². The van der Waals surface area contributed by atoms with Gasteiger partial charge in [0.1, 0.15) is 19.0 Å². The van der Waals surface area contributed by atoms with Gasteiger partial charge in [0.25, 0.3) is 11.1 Å². The zero-order valence-corrected chi connectivity index (χ0v) is 21.8. The van der Waals surface area contributed by atoms with Crippen LogP contribution in [0, 0.1) is 13.8 Å². The summed E-state index contributed by atoms with van der Waals surface area (Å²) < 4.78 is 17.2. The van der Waals surface area contributed by atoms with Gasteiger partial charge in [-0.25, -0.2) is 0 Å². The number of nitrogens with zero attached hydrogens (tertiary/aromatic N) is 1. The third kappa shape index (κ3) is 6.04. The highest BCUT2D eigenvalue weighted by atomic mass is 35.5. The smallest absolute Gasteiger partial charge is 0.293 e. The summed E-state index contributed by atoms with van der Waals surface area (Å²) in [6, 6.07) is 19.0. The number of imide groups is 1. The predicted octanol–water partition coefficient (Wildman–Crippen LogP) is 6.66. The lowest BCUT2D eigenvalue weighted by atomic mass is 10.1. The molecule has 0 aromatic heterocycles. The Hall–Kier alpha value is -3.42. The molecule has 0 N–H and O–H groups in total. The number of hydrogen-bond donors (Lipinski definition) is 0. The maximum absolute atomic E-state index is 12.9. The molecule has 4 rings (SSSR count). The third-order valence-electron chi connectivity index (χ3n) is 5.57. The minimum Gasteiger partial charge on any atom is -0.493 e. The van der Waals surface area contributed by atoms with Crippen molar-refractivity contribution in [2.45, 2.75) is 20.5 Å². The molecule has 0 atom stereocenters. The standard InChI is InChI=1S/C28H26ClNO5S/c1-18-9-10-19(2)23(13-18)34-12-11-30-27(31)25(36-28(30)32)16-21-14-22(29)26(24(15-21)33-3)35-17-20-7-5-4-6-8-20/h4-10,13-16H,11-12,17H2,1-3H3/b25-16-. The fraction of sp³-hybridized carbons (Fsp3) is 0.214. The lowest BCUT2D eigenvalue weighted by molar-refractivity contribution is -0.123. The molecule has 1 aliphatic rings. The highest BCUT2D eigenvalue weighted by Crippen LogP contribution is 2.39. The number of hydrogen-bond acceptors (Lipinski definition) is 6. The van der Waals surface area contributed by atoms with Crippen LogP contribution >= 0.6 is 23.4 Å². The van der Waals surface area contributed by atoms with Gasteiger partial charge in [0, 0.05) is 0 Å². The summed E-state index contributed by atoms with van der Waals surface area (Å²) in [5.74, 6) is 1.23. The van der Waals surface area contributed by atoms with E-state index in [9.17, 15) is 9.59 Å². The maximum Gasteiger partial charge on any atom is 0.293 e. The Morgan fingerprint density at radius 1 is 0.972 bits per heavy atom. The number of benzene rings is 3. The first-order valence-corrected chi connectivity index (χ1v) is 12.5. The van der Waals surface area contributed by atoms with E-state index in [4.69, 9.17) is 25.8 Å². The van der Waals surface area contributed by atoms with E-state index in [0.29, 0.717) is 33.6 Å². The summed E-state index contributed by atoms with van der Waals surface area (Å²) in [5, 5.41) is 0.00868. The molecule has 1 aliphatic heterocycles. The predicted molar refractivity (Wildman–Crippen MR) is 143 cm³/mol. The van der Waals surface area contributed by atoms with Gasteiger partial charge in [0.15, 0.2) is 11.5 Å². The van der Waals surface area contributed by atoms with Crippen molar-refractivity contribution >= 4 is 40.6 Å². The highest BCUT2D eigenvalue weighted by Gasteiger charge is 2.35. The first-order chi connectivity index (χ1) is 17.4. The molecule has 0 spiro atoms. The van der Waals surface area contributed by atoms with Crippen LogP contribution in [0.1, 0.15) is 22.3 Å². The zero-order chi connectivity index (χ0) is 25.7. The summed E-state index contributed by atoms with van der Waals surface area (Å²) in [7, 11) is 1.52. The largest absolute Gasteiger partial charge is 0.493 e. The van der Waals surface area contributed by atoms with Crippen LogP contribution in [0.4, 0.5) is 4.79 Å². The lowest BCUT2D eigenvalue weighted by Gasteiger charge is -2.15. The summed E-state index contributed by atoms with van der Waals surface area (Å²) in [4.78, 5) is 26.9. The van der Waals surface area contributed by atoms with E-state index >= 15 is 0 Å². The normalized spacial score (nSPS) is 14.4. The van der Waals surface area contributed by atoms with E-state index in [1.807, 2.05) is 62.4 Å². The fourth-order valence-electron chi connectivity index (χ4n) is 3.65. The van der Waals surface area contributed by atoms with Crippen molar-refractivity contribution in [3.8, 4) is 17.2 Å². The lowest BCUT2D eigenvalue weighted by Crippen LogP contribution is -2.32. The van der Waals surface area contributed by atoms with E-state index in [0.717, 1.165) is 34.2 Å². The Kier molecular flexibility index (Phi) is 8.23. The number of thioether (sulfide) groups is 1. The number of ether oxygens (including phenoxy) is 3. The van der Waals surface area contributed by atoms with Crippen molar-refractivity contribution in [2.75, 3.05) is 20.3 Å². The Bertz CT molecular complexity index is 1310. The van der Waals surface area contributed by atoms with E-state index in [1.165, 1.54) is 12.0 Å². The van der Waals surface area contributed by atoms with Crippen molar-refractivity contribution in [1.82, 2.24) is 4.90 Å². The molecule has 1 fully saturated rings. The van der Waals surface area contributed by atoms with Crippen LogP contribution in [0.25, 0.3) is 6.08 Å². The number of rotatable bonds is 9. The molecule has 1 saturated heterocycles. The van der Waals surface area contributed by atoms with Crippen LogP contribution in [0.3, 0.4) is 0 Å². The number of carbonyl (C=O) groups excluding carboxylic acids is 2. The quantitative estimate of drug-likeness (QED) is 0.292. The molecule has 186 valence electrons. The molecule has 6 nitrogen and oxygen atoms in total. The Balaban J connectivity index is 1.44. The molecule has 3 aromatic carbocycles. The van der Waals surface area contributed by atoms with Gasteiger partial charge in [-0.2, -0.15) is 0 Å². The molecule has 3 aromatic rings.